The number of nitrogens with zero attached hydrogens (tertiary/aromatic N) is 1. The van der Waals surface area contributed by atoms with E-state index in [4.69, 9.17) is 0 Å². The summed E-state index contributed by atoms with van der Waals surface area (Å²) in [5.74, 6) is 0.715. The first-order valence-corrected chi connectivity index (χ1v) is 8.31. The summed E-state index contributed by atoms with van der Waals surface area (Å²) in [4.78, 5) is 2.32. The second-order valence-corrected chi connectivity index (χ2v) is 7.13. The van der Waals surface area contributed by atoms with Crippen molar-refractivity contribution in [3.05, 3.63) is 29.3 Å². The summed E-state index contributed by atoms with van der Waals surface area (Å²) in [6, 6.07) is 6.81. The highest BCUT2D eigenvalue weighted by Crippen LogP contribution is 2.33. The first kappa shape index (κ1) is 14.9. The molecule has 2 N–H and O–H groups in total. The summed E-state index contributed by atoms with van der Waals surface area (Å²) in [6.07, 6.45) is 5.87. The van der Waals surface area contributed by atoms with Crippen LogP contribution in [-0.2, 0) is 13.0 Å². The summed E-state index contributed by atoms with van der Waals surface area (Å²) in [5, 5.41) is 13.5. The van der Waals surface area contributed by atoms with Crippen molar-refractivity contribution in [2.24, 2.45) is 5.92 Å². The van der Waals surface area contributed by atoms with E-state index in [1.807, 2.05) is 0 Å². The van der Waals surface area contributed by atoms with Gasteiger partial charge in [0.2, 0.25) is 0 Å². The lowest BCUT2D eigenvalue weighted by Crippen LogP contribution is -2.51. The van der Waals surface area contributed by atoms with Gasteiger partial charge in [-0.05, 0) is 42.4 Å². The molecule has 1 aromatic carbocycles. The minimum atomic E-state index is -0.0620. The van der Waals surface area contributed by atoms with E-state index in [0.29, 0.717) is 5.92 Å². The standard InChI is InChI=1S/C18H28N2O/c1-14-4-3-8-18(11-14,13-21)19-12-15-5-6-17-16(10-15)7-9-20(17)2/h5-6,10,14,19,21H,3-4,7-9,11-13H2,1-2H3. The fraction of sp³-hybridized carbons (Fsp3) is 0.667. The predicted molar refractivity (Wildman–Crippen MR) is 87.7 cm³/mol. The monoisotopic (exact) mass is 288 g/mol. The molecule has 0 saturated heterocycles. The quantitative estimate of drug-likeness (QED) is 0.894. The molecule has 1 aliphatic carbocycles. The molecule has 1 aliphatic heterocycles. The minimum Gasteiger partial charge on any atom is -0.394 e. The number of hydrogen-bond donors (Lipinski definition) is 2. The van der Waals surface area contributed by atoms with Gasteiger partial charge in [-0.3, -0.25) is 0 Å². The zero-order valence-electron chi connectivity index (χ0n) is 13.4. The molecule has 3 nitrogen and oxygen atoms in total. The molecular weight excluding hydrogens is 260 g/mol. The van der Waals surface area contributed by atoms with Crippen LogP contribution in [0.3, 0.4) is 0 Å². The van der Waals surface area contributed by atoms with Crippen molar-refractivity contribution < 1.29 is 5.11 Å². The number of hydrogen-bond acceptors (Lipinski definition) is 3. The van der Waals surface area contributed by atoms with Gasteiger partial charge in [-0.2, -0.15) is 0 Å². The summed E-state index contributed by atoms with van der Waals surface area (Å²) in [7, 11) is 2.16. The molecule has 21 heavy (non-hydrogen) atoms. The fourth-order valence-electron chi connectivity index (χ4n) is 4.04. The molecule has 0 radical (unpaired) electrons. The van der Waals surface area contributed by atoms with Crippen molar-refractivity contribution in [3.63, 3.8) is 0 Å². The Morgan fingerprint density at radius 1 is 1.43 bits per heavy atom. The van der Waals surface area contributed by atoms with Crippen molar-refractivity contribution in [2.75, 3.05) is 25.1 Å². The zero-order valence-corrected chi connectivity index (χ0v) is 13.4. The van der Waals surface area contributed by atoms with Gasteiger partial charge < -0.3 is 15.3 Å². The molecule has 3 rings (SSSR count). The van der Waals surface area contributed by atoms with Crippen LogP contribution in [0.5, 0.6) is 0 Å². The maximum absolute atomic E-state index is 9.86. The van der Waals surface area contributed by atoms with E-state index in [1.165, 1.54) is 29.7 Å². The topological polar surface area (TPSA) is 35.5 Å². The Hall–Kier alpha value is -1.06. The van der Waals surface area contributed by atoms with Crippen molar-refractivity contribution in [2.45, 2.75) is 51.1 Å². The zero-order chi connectivity index (χ0) is 14.9. The van der Waals surface area contributed by atoms with Crippen LogP contribution in [0.25, 0.3) is 0 Å². The van der Waals surface area contributed by atoms with Gasteiger partial charge in [0, 0.05) is 31.4 Å². The Labute approximate surface area is 128 Å². The number of benzene rings is 1. The number of rotatable bonds is 4. The molecule has 2 aliphatic rings. The molecule has 0 amide bonds. The normalized spacial score (nSPS) is 28.7. The molecular formula is C18H28N2O. The largest absolute Gasteiger partial charge is 0.394 e. The van der Waals surface area contributed by atoms with E-state index in [1.54, 1.807) is 0 Å². The van der Waals surface area contributed by atoms with Gasteiger partial charge in [-0.1, -0.05) is 31.9 Å². The summed E-state index contributed by atoms with van der Waals surface area (Å²) in [5.41, 5.74) is 4.12. The number of nitrogens with one attached hydrogen (secondary N) is 1. The second-order valence-electron chi connectivity index (χ2n) is 7.13. The lowest BCUT2D eigenvalue weighted by molar-refractivity contribution is 0.0982. The number of anilines is 1. The van der Waals surface area contributed by atoms with E-state index in [0.717, 1.165) is 32.4 Å². The average molecular weight is 288 g/mol. The maximum Gasteiger partial charge on any atom is 0.0613 e. The van der Waals surface area contributed by atoms with Crippen LogP contribution in [0.4, 0.5) is 5.69 Å². The first-order chi connectivity index (χ1) is 10.1. The third-order valence-corrected chi connectivity index (χ3v) is 5.33. The maximum atomic E-state index is 9.86. The highest BCUT2D eigenvalue weighted by molar-refractivity contribution is 5.58. The van der Waals surface area contributed by atoms with Crippen LogP contribution in [-0.4, -0.2) is 30.8 Å². The van der Waals surface area contributed by atoms with Gasteiger partial charge in [-0.15, -0.1) is 0 Å². The number of likely N-dealkylation sites (N-methyl/N-ethyl adjacent to an activating group) is 1. The molecule has 1 fully saturated rings. The van der Waals surface area contributed by atoms with Gasteiger partial charge in [0.05, 0.1) is 6.61 Å². The van der Waals surface area contributed by atoms with Gasteiger partial charge in [0.1, 0.15) is 0 Å². The van der Waals surface area contributed by atoms with Crippen molar-refractivity contribution in [3.8, 4) is 0 Å². The first-order valence-electron chi connectivity index (χ1n) is 8.31. The smallest absolute Gasteiger partial charge is 0.0613 e. The molecule has 116 valence electrons. The van der Waals surface area contributed by atoms with Gasteiger partial charge in [0.15, 0.2) is 0 Å². The number of aliphatic hydroxyl groups excluding tert-OH is 1. The minimum absolute atomic E-state index is 0.0620. The van der Waals surface area contributed by atoms with E-state index >= 15 is 0 Å². The van der Waals surface area contributed by atoms with Crippen molar-refractivity contribution in [1.29, 1.82) is 0 Å². The van der Waals surface area contributed by atoms with Crippen LogP contribution in [0, 0.1) is 5.92 Å². The van der Waals surface area contributed by atoms with Crippen LogP contribution in [0.2, 0.25) is 0 Å². The Bertz CT molecular complexity index is 502. The molecule has 1 heterocycles. The van der Waals surface area contributed by atoms with E-state index in [2.05, 4.69) is 42.4 Å². The molecule has 3 heteroatoms. The van der Waals surface area contributed by atoms with Crippen LogP contribution >= 0.6 is 0 Å². The molecule has 0 spiro atoms. The van der Waals surface area contributed by atoms with E-state index in [-0.39, 0.29) is 12.1 Å². The second kappa shape index (κ2) is 5.98. The summed E-state index contributed by atoms with van der Waals surface area (Å²) < 4.78 is 0. The SMILES string of the molecule is CC1CCCC(CO)(NCc2ccc3c(c2)CCN3C)C1. The van der Waals surface area contributed by atoms with E-state index in [9.17, 15) is 5.11 Å². The Morgan fingerprint density at radius 2 is 2.29 bits per heavy atom. The third-order valence-electron chi connectivity index (χ3n) is 5.33. The van der Waals surface area contributed by atoms with Crippen LogP contribution < -0.4 is 10.2 Å². The average Bonchev–Trinajstić information content (AvgIpc) is 2.86. The molecule has 1 saturated carbocycles. The van der Waals surface area contributed by atoms with Gasteiger partial charge >= 0.3 is 0 Å². The Kier molecular flexibility index (Phi) is 4.23. The molecule has 0 bridgehead atoms. The highest BCUT2D eigenvalue weighted by Gasteiger charge is 2.33. The lowest BCUT2D eigenvalue weighted by atomic mass is 9.76. The number of fused-ring (bicyclic) bond motifs is 1. The van der Waals surface area contributed by atoms with E-state index < -0.39 is 0 Å². The van der Waals surface area contributed by atoms with Crippen molar-refractivity contribution >= 4 is 5.69 Å². The van der Waals surface area contributed by atoms with Crippen LogP contribution in [0.1, 0.15) is 43.7 Å². The fourth-order valence-corrected chi connectivity index (χ4v) is 4.04. The summed E-state index contributed by atoms with van der Waals surface area (Å²) >= 11 is 0. The highest BCUT2D eigenvalue weighted by atomic mass is 16.3. The third kappa shape index (κ3) is 3.09. The molecule has 1 aromatic rings. The summed E-state index contributed by atoms with van der Waals surface area (Å²) in [6.45, 7) is 4.55. The van der Waals surface area contributed by atoms with Crippen molar-refractivity contribution in [1.82, 2.24) is 5.32 Å². The van der Waals surface area contributed by atoms with Crippen LogP contribution in [0.15, 0.2) is 18.2 Å². The molecule has 2 atom stereocenters. The lowest BCUT2D eigenvalue weighted by Gasteiger charge is -2.39. The number of aliphatic hydroxyl groups is 1. The molecule has 2 unspecified atom stereocenters. The van der Waals surface area contributed by atoms with Gasteiger partial charge in [-0.25, -0.2) is 0 Å². The molecule has 0 aromatic heterocycles. The predicted octanol–water partition coefficient (Wildman–Crippen LogP) is 2.71. The Morgan fingerprint density at radius 3 is 3.05 bits per heavy atom. The van der Waals surface area contributed by atoms with Gasteiger partial charge in [0.25, 0.3) is 0 Å². The Balaban J connectivity index is 1.67.